The number of carbonyl (C=O) groups excluding carboxylic acids is 1. The Hall–Kier alpha value is -2.88. The quantitative estimate of drug-likeness (QED) is 0.788. The number of rotatable bonds is 2. The van der Waals surface area contributed by atoms with Crippen LogP contribution in [0.25, 0.3) is 10.8 Å². The highest BCUT2D eigenvalue weighted by molar-refractivity contribution is 5.96. The minimum absolute atomic E-state index is 0.0590. The van der Waals surface area contributed by atoms with Gasteiger partial charge in [0.1, 0.15) is 5.69 Å². The normalized spacial score (nSPS) is 16.1. The molecule has 120 valence electrons. The van der Waals surface area contributed by atoms with Crippen molar-refractivity contribution in [2.75, 3.05) is 7.05 Å². The number of nitrogens with zero attached hydrogens (tertiary/aromatic N) is 1. The summed E-state index contributed by atoms with van der Waals surface area (Å²) in [7, 11) is 1.81. The van der Waals surface area contributed by atoms with Gasteiger partial charge in [0, 0.05) is 12.4 Å². The SMILES string of the molecule is CN(C(=O)c1cc2ccccc2c(=O)[nH]1)[C@H]1CCc2ccccc21. The molecular weight excluding hydrogens is 300 g/mol. The molecule has 4 rings (SSSR count). The zero-order chi connectivity index (χ0) is 16.7. The molecule has 0 unspecified atom stereocenters. The first-order valence-corrected chi connectivity index (χ1v) is 8.12. The second-order valence-electron chi connectivity index (χ2n) is 6.27. The fraction of sp³-hybridized carbons (Fsp3) is 0.200. The maximum absolute atomic E-state index is 12.9. The Kier molecular flexibility index (Phi) is 3.45. The Balaban J connectivity index is 1.70. The number of nitrogens with one attached hydrogen (secondary N) is 1. The van der Waals surface area contributed by atoms with Crippen molar-refractivity contribution in [3.05, 3.63) is 81.8 Å². The van der Waals surface area contributed by atoms with Gasteiger partial charge in [-0.05, 0) is 41.5 Å². The van der Waals surface area contributed by atoms with Gasteiger partial charge in [0.2, 0.25) is 0 Å². The molecule has 0 spiro atoms. The average Bonchev–Trinajstić information content (AvgIpc) is 3.04. The van der Waals surface area contributed by atoms with E-state index in [2.05, 4.69) is 17.1 Å². The largest absolute Gasteiger partial charge is 0.333 e. The molecule has 1 heterocycles. The molecule has 1 aliphatic rings. The van der Waals surface area contributed by atoms with Crippen LogP contribution in [0.15, 0.2) is 59.4 Å². The summed E-state index contributed by atoms with van der Waals surface area (Å²) < 4.78 is 0. The van der Waals surface area contributed by atoms with Crippen molar-refractivity contribution in [2.24, 2.45) is 0 Å². The highest BCUT2D eigenvalue weighted by Crippen LogP contribution is 2.35. The zero-order valence-electron chi connectivity index (χ0n) is 13.5. The maximum atomic E-state index is 12.9. The predicted octanol–water partition coefficient (Wildman–Crippen LogP) is 3.29. The van der Waals surface area contributed by atoms with E-state index in [0.29, 0.717) is 11.1 Å². The summed E-state index contributed by atoms with van der Waals surface area (Å²) in [5, 5.41) is 1.38. The summed E-state index contributed by atoms with van der Waals surface area (Å²) in [4.78, 5) is 29.6. The van der Waals surface area contributed by atoms with Crippen LogP contribution >= 0.6 is 0 Å². The highest BCUT2D eigenvalue weighted by atomic mass is 16.2. The van der Waals surface area contributed by atoms with E-state index in [4.69, 9.17) is 0 Å². The van der Waals surface area contributed by atoms with Crippen molar-refractivity contribution in [2.45, 2.75) is 18.9 Å². The van der Waals surface area contributed by atoms with Gasteiger partial charge in [-0.3, -0.25) is 9.59 Å². The van der Waals surface area contributed by atoms with Crippen molar-refractivity contribution >= 4 is 16.7 Å². The van der Waals surface area contributed by atoms with Gasteiger partial charge in [-0.25, -0.2) is 0 Å². The van der Waals surface area contributed by atoms with Crippen LogP contribution in [0.5, 0.6) is 0 Å². The minimum Gasteiger partial charge on any atom is -0.333 e. The molecule has 4 heteroatoms. The summed E-state index contributed by atoms with van der Waals surface area (Å²) >= 11 is 0. The number of aryl methyl sites for hydroxylation is 1. The third-order valence-corrected chi connectivity index (χ3v) is 4.87. The van der Waals surface area contributed by atoms with E-state index in [1.807, 2.05) is 37.4 Å². The third kappa shape index (κ3) is 2.31. The number of carbonyl (C=O) groups is 1. The van der Waals surface area contributed by atoms with Crippen molar-refractivity contribution in [1.29, 1.82) is 0 Å². The average molecular weight is 318 g/mol. The Morgan fingerprint density at radius 1 is 1.12 bits per heavy atom. The monoisotopic (exact) mass is 318 g/mol. The van der Waals surface area contributed by atoms with Crippen LogP contribution in [0, 0.1) is 0 Å². The van der Waals surface area contributed by atoms with Crippen LogP contribution in [-0.4, -0.2) is 22.8 Å². The molecule has 0 bridgehead atoms. The van der Waals surface area contributed by atoms with E-state index in [0.717, 1.165) is 18.2 Å². The number of H-pyrrole nitrogens is 1. The number of fused-ring (bicyclic) bond motifs is 2. The van der Waals surface area contributed by atoms with Crippen molar-refractivity contribution in [3.8, 4) is 0 Å². The first-order chi connectivity index (χ1) is 11.6. The van der Waals surface area contributed by atoms with Crippen molar-refractivity contribution < 1.29 is 4.79 Å². The first-order valence-electron chi connectivity index (χ1n) is 8.12. The van der Waals surface area contributed by atoms with Gasteiger partial charge in [0.25, 0.3) is 11.5 Å². The van der Waals surface area contributed by atoms with Gasteiger partial charge >= 0.3 is 0 Å². The summed E-state index contributed by atoms with van der Waals surface area (Å²) in [5.74, 6) is -0.153. The molecule has 0 saturated carbocycles. The Labute approximate surface area is 139 Å². The molecule has 0 saturated heterocycles. The van der Waals surface area contributed by atoms with Gasteiger partial charge in [-0.2, -0.15) is 0 Å². The second-order valence-corrected chi connectivity index (χ2v) is 6.27. The Morgan fingerprint density at radius 2 is 1.88 bits per heavy atom. The number of pyridine rings is 1. The van der Waals surface area contributed by atoms with Gasteiger partial charge < -0.3 is 9.88 Å². The summed E-state index contributed by atoms with van der Waals surface area (Å²) in [5.41, 5.74) is 2.62. The Morgan fingerprint density at radius 3 is 2.75 bits per heavy atom. The number of amides is 1. The molecule has 2 aromatic carbocycles. The van der Waals surface area contributed by atoms with E-state index in [1.165, 1.54) is 11.1 Å². The smallest absolute Gasteiger partial charge is 0.270 e. The molecule has 1 amide bonds. The molecule has 1 N–H and O–H groups in total. The lowest BCUT2D eigenvalue weighted by Crippen LogP contribution is -2.31. The molecule has 0 aliphatic heterocycles. The maximum Gasteiger partial charge on any atom is 0.270 e. The highest BCUT2D eigenvalue weighted by Gasteiger charge is 2.29. The molecule has 1 aliphatic carbocycles. The molecular formula is C20H18N2O2. The third-order valence-electron chi connectivity index (χ3n) is 4.87. The van der Waals surface area contributed by atoms with E-state index in [9.17, 15) is 9.59 Å². The lowest BCUT2D eigenvalue weighted by Gasteiger charge is -2.25. The fourth-order valence-electron chi connectivity index (χ4n) is 3.59. The number of hydrogen-bond donors (Lipinski definition) is 1. The number of aromatic nitrogens is 1. The van der Waals surface area contributed by atoms with Crippen molar-refractivity contribution in [3.63, 3.8) is 0 Å². The molecule has 1 atom stereocenters. The van der Waals surface area contributed by atoms with Crippen LogP contribution in [0.2, 0.25) is 0 Å². The van der Waals surface area contributed by atoms with E-state index in [1.54, 1.807) is 17.0 Å². The molecule has 1 aromatic heterocycles. The number of benzene rings is 2. The lowest BCUT2D eigenvalue weighted by atomic mass is 10.1. The van der Waals surface area contributed by atoms with Crippen molar-refractivity contribution in [1.82, 2.24) is 9.88 Å². The van der Waals surface area contributed by atoms with E-state index >= 15 is 0 Å². The second kappa shape index (κ2) is 5.64. The van der Waals surface area contributed by atoms with Crippen LogP contribution in [0.4, 0.5) is 0 Å². The molecule has 0 radical (unpaired) electrons. The first kappa shape index (κ1) is 14.7. The topological polar surface area (TPSA) is 53.2 Å². The molecule has 4 nitrogen and oxygen atoms in total. The van der Waals surface area contributed by atoms with Crippen LogP contribution in [0.3, 0.4) is 0 Å². The standard InChI is InChI=1S/C20H18N2O2/c1-22(18-11-10-13-6-2-4-8-15(13)18)20(24)17-12-14-7-3-5-9-16(14)19(23)21-17/h2-9,12,18H,10-11H2,1H3,(H,21,23)/t18-/m0/s1. The molecule has 24 heavy (non-hydrogen) atoms. The van der Waals surface area contributed by atoms with Crippen LogP contribution in [-0.2, 0) is 6.42 Å². The van der Waals surface area contributed by atoms with Gasteiger partial charge in [0.05, 0.1) is 6.04 Å². The van der Waals surface area contributed by atoms with Gasteiger partial charge in [0.15, 0.2) is 0 Å². The fourth-order valence-corrected chi connectivity index (χ4v) is 3.59. The lowest BCUT2D eigenvalue weighted by molar-refractivity contribution is 0.0724. The zero-order valence-corrected chi connectivity index (χ0v) is 13.5. The summed E-state index contributed by atoms with van der Waals surface area (Å²) in [6.07, 6.45) is 1.89. The van der Waals surface area contributed by atoms with Gasteiger partial charge in [-0.1, -0.05) is 42.5 Å². The Bertz CT molecular complexity index is 990. The number of aromatic amines is 1. The van der Waals surface area contributed by atoms with E-state index in [-0.39, 0.29) is 17.5 Å². The van der Waals surface area contributed by atoms with Crippen LogP contribution < -0.4 is 5.56 Å². The minimum atomic E-state index is -0.225. The molecule has 3 aromatic rings. The predicted molar refractivity (Wildman–Crippen MR) is 94.2 cm³/mol. The van der Waals surface area contributed by atoms with Gasteiger partial charge in [-0.15, -0.1) is 0 Å². The summed E-state index contributed by atoms with van der Waals surface area (Å²) in [6.45, 7) is 0. The van der Waals surface area contributed by atoms with E-state index < -0.39 is 0 Å². The number of hydrogen-bond acceptors (Lipinski definition) is 2. The molecule has 0 fully saturated rings. The van der Waals surface area contributed by atoms with Crippen LogP contribution in [0.1, 0.15) is 34.1 Å². The summed E-state index contributed by atoms with van der Waals surface area (Å²) in [6, 6.07) is 17.4.